The van der Waals surface area contributed by atoms with Crippen LogP contribution < -0.4 is 29.9 Å². The van der Waals surface area contributed by atoms with Gasteiger partial charge in [0.25, 0.3) is 11.8 Å². The van der Waals surface area contributed by atoms with E-state index in [0.29, 0.717) is 22.9 Å². The van der Waals surface area contributed by atoms with Crippen molar-refractivity contribution in [3.8, 4) is 11.5 Å². The molecule has 0 radical (unpaired) electrons. The number of anilines is 2. The van der Waals surface area contributed by atoms with E-state index < -0.39 is 35.2 Å². The monoisotopic (exact) mass is 768 g/mol. The zero-order chi connectivity index (χ0) is 41.3. The maximum absolute atomic E-state index is 14.4. The fourth-order valence-corrected chi connectivity index (χ4v) is 6.50. The van der Waals surface area contributed by atoms with Gasteiger partial charge >= 0.3 is 0 Å². The molecule has 1 unspecified atom stereocenters. The summed E-state index contributed by atoms with van der Waals surface area (Å²) in [7, 11) is 6.48. The molecule has 5 rings (SSSR count). The molecule has 0 heterocycles. The van der Waals surface area contributed by atoms with Crippen molar-refractivity contribution in [1.82, 2.24) is 10.6 Å². The Morgan fingerprint density at radius 1 is 0.614 bits per heavy atom. The van der Waals surface area contributed by atoms with Gasteiger partial charge in [-0.1, -0.05) is 88.4 Å². The second-order valence-electron chi connectivity index (χ2n) is 15.1. The lowest BCUT2D eigenvalue weighted by Crippen LogP contribution is -2.50. The van der Waals surface area contributed by atoms with Gasteiger partial charge < -0.3 is 29.9 Å². The Morgan fingerprint density at radius 2 is 1.07 bits per heavy atom. The number of methoxy groups -OCH3 is 2. The van der Waals surface area contributed by atoms with Gasteiger partial charge in [-0.2, -0.15) is 0 Å². The van der Waals surface area contributed by atoms with Crippen molar-refractivity contribution in [1.29, 1.82) is 0 Å². The van der Waals surface area contributed by atoms with Crippen LogP contribution in [0, 0.1) is 0 Å². The van der Waals surface area contributed by atoms with Gasteiger partial charge in [0.2, 0.25) is 11.8 Å². The normalized spacial score (nSPS) is 12.7. The molecule has 3 atom stereocenters. The summed E-state index contributed by atoms with van der Waals surface area (Å²) >= 11 is 0. The van der Waals surface area contributed by atoms with Crippen molar-refractivity contribution in [3.63, 3.8) is 0 Å². The average molecular weight is 769 g/mol. The number of carbonyl (C=O) groups is 4. The van der Waals surface area contributed by atoms with Gasteiger partial charge in [0, 0.05) is 48.9 Å². The van der Waals surface area contributed by atoms with Crippen molar-refractivity contribution in [2.75, 3.05) is 38.1 Å². The third-order valence-electron chi connectivity index (χ3n) is 10.2. The summed E-state index contributed by atoms with van der Waals surface area (Å²) < 4.78 is 10.6. The first-order valence-corrected chi connectivity index (χ1v) is 18.9. The molecule has 296 valence electrons. The maximum atomic E-state index is 14.4. The minimum atomic E-state index is -0.969. The topological polar surface area (TPSA) is 117 Å². The van der Waals surface area contributed by atoms with Crippen LogP contribution in [0.25, 0.3) is 0 Å². The van der Waals surface area contributed by atoms with E-state index in [4.69, 9.17) is 9.47 Å². The third kappa shape index (κ3) is 10.5. The zero-order valence-corrected chi connectivity index (χ0v) is 33.9. The maximum Gasteiger partial charge on any atom is 0.251 e. The van der Waals surface area contributed by atoms with Crippen LogP contribution in [-0.4, -0.2) is 64.0 Å². The summed E-state index contributed by atoms with van der Waals surface area (Å²) in [5, 5.41) is 6.01. The standard InChI is InChI=1S/C47H52N4O6/c1-31(33-17-13-10-14-18-33)42(46(55)51(6)38-21-25-40(57-8)26-22-38)49-44(53)35-28-34(29-36(30-35)47(2,3)4)43(52)48-41(27-32-15-11-9-12-16-32)45(54)50(5)37-19-23-39(56-7)24-20-37/h9-26,28-31,41-42H,27H2,1-8H3,(H,48,52)(H,49,53)/t31-,41+,42?/m1/s1. The van der Waals surface area contributed by atoms with Gasteiger partial charge in [-0.3, -0.25) is 19.2 Å². The molecule has 0 aliphatic rings. The molecule has 10 nitrogen and oxygen atoms in total. The number of ether oxygens (including phenoxy) is 2. The fourth-order valence-electron chi connectivity index (χ4n) is 6.50. The number of hydrogen-bond acceptors (Lipinski definition) is 6. The molecule has 0 bridgehead atoms. The predicted molar refractivity (Wildman–Crippen MR) is 225 cm³/mol. The Kier molecular flexibility index (Phi) is 13.5. The van der Waals surface area contributed by atoms with E-state index in [1.54, 1.807) is 89.0 Å². The smallest absolute Gasteiger partial charge is 0.251 e. The molecule has 0 spiro atoms. The largest absolute Gasteiger partial charge is 0.497 e. The first-order valence-electron chi connectivity index (χ1n) is 18.9. The van der Waals surface area contributed by atoms with E-state index in [2.05, 4.69) is 10.6 Å². The molecule has 5 aromatic rings. The lowest BCUT2D eigenvalue weighted by molar-refractivity contribution is -0.121. The number of amides is 4. The van der Waals surface area contributed by atoms with Crippen LogP contribution in [-0.2, 0) is 21.4 Å². The molecule has 10 heteroatoms. The average Bonchev–Trinajstić information content (AvgIpc) is 3.24. The highest BCUT2D eigenvalue weighted by atomic mass is 16.5. The van der Waals surface area contributed by atoms with E-state index in [1.807, 2.05) is 88.4 Å². The lowest BCUT2D eigenvalue weighted by Gasteiger charge is -2.29. The molecular weight excluding hydrogens is 717 g/mol. The number of nitrogens with one attached hydrogen (secondary N) is 2. The molecule has 0 aromatic heterocycles. The molecule has 0 saturated heterocycles. The minimum absolute atomic E-state index is 0.207. The Labute approximate surface area is 335 Å². The first kappa shape index (κ1) is 41.7. The zero-order valence-electron chi connectivity index (χ0n) is 33.9. The molecular formula is C47H52N4O6. The third-order valence-corrected chi connectivity index (χ3v) is 10.2. The van der Waals surface area contributed by atoms with E-state index in [0.717, 1.165) is 16.7 Å². The Bertz CT molecular complexity index is 2150. The minimum Gasteiger partial charge on any atom is -0.497 e. The molecule has 0 aliphatic heterocycles. The van der Waals surface area contributed by atoms with Gasteiger partial charge in [-0.15, -0.1) is 0 Å². The fraction of sp³-hybridized carbons (Fsp3) is 0.277. The first-order chi connectivity index (χ1) is 27.2. The molecule has 0 aliphatic carbocycles. The van der Waals surface area contributed by atoms with Crippen LogP contribution in [0.4, 0.5) is 11.4 Å². The molecule has 0 saturated carbocycles. The number of nitrogens with zero attached hydrogens (tertiary/aromatic N) is 2. The van der Waals surface area contributed by atoms with E-state index >= 15 is 0 Å². The summed E-state index contributed by atoms with van der Waals surface area (Å²) in [5.74, 6) is -0.780. The summed E-state index contributed by atoms with van der Waals surface area (Å²) in [6.07, 6.45) is 0.237. The number of carbonyl (C=O) groups excluding carboxylic acids is 4. The van der Waals surface area contributed by atoms with Crippen molar-refractivity contribution in [2.45, 2.75) is 57.5 Å². The van der Waals surface area contributed by atoms with Crippen LogP contribution in [0.2, 0.25) is 0 Å². The molecule has 57 heavy (non-hydrogen) atoms. The second kappa shape index (κ2) is 18.5. The summed E-state index contributed by atoms with van der Waals surface area (Å²) in [4.78, 5) is 60.0. The van der Waals surface area contributed by atoms with Crippen LogP contribution in [0.15, 0.2) is 127 Å². The summed E-state index contributed by atoms with van der Waals surface area (Å²) in [6.45, 7) is 7.87. The molecule has 4 amide bonds. The van der Waals surface area contributed by atoms with E-state index in [9.17, 15) is 19.2 Å². The number of hydrogen-bond donors (Lipinski definition) is 2. The molecule has 2 N–H and O–H groups in total. The number of rotatable bonds is 14. The van der Waals surface area contributed by atoms with Crippen LogP contribution in [0.5, 0.6) is 11.5 Å². The van der Waals surface area contributed by atoms with Gasteiger partial charge in [0.1, 0.15) is 23.6 Å². The van der Waals surface area contributed by atoms with Gasteiger partial charge in [-0.25, -0.2) is 0 Å². The van der Waals surface area contributed by atoms with Crippen LogP contribution >= 0.6 is 0 Å². The second-order valence-corrected chi connectivity index (χ2v) is 15.1. The van der Waals surface area contributed by atoms with Crippen LogP contribution in [0.1, 0.15) is 71.0 Å². The summed E-state index contributed by atoms with van der Waals surface area (Å²) in [6, 6.07) is 36.3. The Hall–Kier alpha value is -6.42. The number of benzene rings is 5. The van der Waals surface area contributed by atoms with Gasteiger partial charge in [0.05, 0.1) is 14.2 Å². The van der Waals surface area contributed by atoms with E-state index in [1.165, 1.54) is 15.9 Å². The van der Waals surface area contributed by atoms with Crippen LogP contribution in [0.3, 0.4) is 0 Å². The summed E-state index contributed by atoms with van der Waals surface area (Å²) in [5.41, 5.74) is 3.69. The van der Waals surface area contributed by atoms with Gasteiger partial charge in [0.15, 0.2) is 0 Å². The Balaban J connectivity index is 1.47. The Morgan fingerprint density at radius 3 is 1.54 bits per heavy atom. The lowest BCUT2D eigenvalue weighted by atomic mass is 9.84. The van der Waals surface area contributed by atoms with E-state index in [-0.39, 0.29) is 29.4 Å². The highest BCUT2D eigenvalue weighted by Crippen LogP contribution is 2.28. The SMILES string of the molecule is COc1ccc(N(C)C(=O)C(NC(=O)c2cc(C(=O)N[C@@H](Cc3ccccc3)C(=O)N(C)c3ccc(OC)cc3)cc(C(C)(C)C)c2)[C@H](C)c2ccccc2)cc1. The quantitative estimate of drug-likeness (QED) is 0.120. The predicted octanol–water partition coefficient (Wildman–Crippen LogP) is 7.57. The highest BCUT2D eigenvalue weighted by molar-refractivity contribution is 6.06. The van der Waals surface area contributed by atoms with Crippen molar-refractivity contribution >= 4 is 35.0 Å². The molecule has 0 fully saturated rings. The van der Waals surface area contributed by atoms with Crippen molar-refractivity contribution < 1.29 is 28.7 Å². The number of likely N-dealkylation sites (N-methyl/N-ethyl adjacent to an activating group) is 2. The molecule has 5 aromatic carbocycles. The van der Waals surface area contributed by atoms with Gasteiger partial charge in [-0.05, 0) is 88.8 Å². The van der Waals surface area contributed by atoms with Crippen molar-refractivity contribution in [2.24, 2.45) is 0 Å². The highest BCUT2D eigenvalue weighted by Gasteiger charge is 2.33. The van der Waals surface area contributed by atoms with Crippen molar-refractivity contribution in [3.05, 3.63) is 155 Å².